The number of phenolic OH excluding ortho intramolecular Hbond substituents is 1. The van der Waals surface area contributed by atoms with Gasteiger partial charge in [0.05, 0.1) is 30.9 Å². The van der Waals surface area contributed by atoms with Gasteiger partial charge >= 0.3 is 5.76 Å². The van der Waals surface area contributed by atoms with Crippen molar-refractivity contribution >= 4 is 5.76 Å². The number of aliphatic hydroxyl groups is 7. The summed E-state index contributed by atoms with van der Waals surface area (Å²) in [6.07, 6.45) is -1.75. The van der Waals surface area contributed by atoms with Gasteiger partial charge in [-0.05, 0) is 12.1 Å². The van der Waals surface area contributed by atoms with Gasteiger partial charge in [0.2, 0.25) is 18.2 Å². The van der Waals surface area contributed by atoms with Crippen LogP contribution in [0.1, 0.15) is 5.56 Å². The first kappa shape index (κ1) is 21.1. The van der Waals surface area contributed by atoms with Gasteiger partial charge in [-0.1, -0.05) is 0 Å². The van der Waals surface area contributed by atoms with E-state index >= 15 is 0 Å². The van der Waals surface area contributed by atoms with Gasteiger partial charge in [-0.2, -0.15) is 0 Å². The van der Waals surface area contributed by atoms with E-state index in [9.17, 15) is 30.6 Å². The Morgan fingerprint density at radius 1 is 1.10 bits per heavy atom. The minimum Gasteiger partial charge on any atom is -0.571 e. The molecule has 1 saturated heterocycles. The van der Waals surface area contributed by atoms with Gasteiger partial charge in [0, 0.05) is 18.2 Å². The number of rotatable bonds is 5. The summed E-state index contributed by atoms with van der Waals surface area (Å²) < 4.78 is 20.9. The maximum atomic E-state index is 10.3. The number of aliphatic hydroxyl groups excluding tert-OH is 5. The molecule has 1 aromatic rings. The van der Waals surface area contributed by atoms with E-state index in [1.165, 1.54) is 31.4 Å². The summed E-state index contributed by atoms with van der Waals surface area (Å²) in [4.78, 5) is 0. The van der Waals surface area contributed by atoms with Crippen molar-refractivity contribution in [2.45, 2.75) is 30.7 Å². The minimum atomic E-state index is -1.43. The molecule has 166 valence electrons. The second kappa shape index (κ2) is 8.16. The van der Waals surface area contributed by atoms with Crippen molar-refractivity contribution in [1.82, 2.24) is 0 Å². The third kappa shape index (κ3) is 3.81. The van der Waals surface area contributed by atoms with Crippen molar-refractivity contribution < 1.29 is 49.6 Å². The molecule has 0 bridgehead atoms. The quantitative estimate of drug-likeness (QED) is 0.356. The molecule has 10 nitrogen and oxygen atoms in total. The van der Waals surface area contributed by atoms with Crippen LogP contribution >= 0.6 is 0 Å². The SMILES string of the molecule is COc1cc(C2=C(O[C@@H]3O[C@H](CO)[C@H](O)[C@H]3O)C=C3C(O)=CC(O)=CC3[OH+]2)ccc1O. The molecule has 1 aliphatic carbocycles. The number of hydrogen-bond acceptors (Lipinski definition) is 9. The van der Waals surface area contributed by atoms with E-state index in [4.69, 9.17) is 14.2 Å². The van der Waals surface area contributed by atoms with E-state index in [2.05, 4.69) is 4.74 Å². The minimum absolute atomic E-state index is 0.0828. The predicted octanol–water partition coefficient (Wildman–Crippen LogP) is 0.259. The summed E-state index contributed by atoms with van der Waals surface area (Å²) in [5, 5.41) is 59.5. The van der Waals surface area contributed by atoms with Crippen LogP contribution < -0.4 is 4.74 Å². The largest absolute Gasteiger partial charge is 0.571 e. The van der Waals surface area contributed by atoms with Crippen LogP contribution in [0, 0.1) is 0 Å². The lowest BCUT2D eigenvalue weighted by Crippen LogP contribution is -2.35. The van der Waals surface area contributed by atoms with Gasteiger partial charge in [-0.3, -0.25) is 0 Å². The zero-order valence-corrected chi connectivity index (χ0v) is 16.4. The highest BCUT2D eigenvalue weighted by Gasteiger charge is 2.45. The Balaban J connectivity index is 1.77. The van der Waals surface area contributed by atoms with Crippen LogP contribution in [0.2, 0.25) is 0 Å². The highest BCUT2D eigenvalue weighted by Crippen LogP contribution is 2.38. The Bertz CT molecular complexity index is 992. The van der Waals surface area contributed by atoms with Crippen LogP contribution in [0.3, 0.4) is 0 Å². The zero-order chi connectivity index (χ0) is 22.3. The number of allylic oxidation sites excluding steroid dienone is 2. The lowest BCUT2D eigenvalue weighted by Gasteiger charge is -2.28. The molecule has 10 heteroatoms. The Morgan fingerprint density at radius 2 is 1.87 bits per heavy atom. The van der Waals surface area contributed by atoms with Crippen molar-refractivity contribution in [3.63, 3.8) is 0 Å². The maximum Gasteiger partial charge on any atom is 0.305 e. The van der Waals surface area contributed by atoms with Crippen molar-refractivity contribution in [2.75, 3.05) is 13.7 Å². The molecule has 31 heavy (non-hydrogen) atoms. The molecule has 2 heterocycles. The first-order valence-electron chi connectivity index (χ1n) is 9.47. The first-order chi connectivity index (χ1) is 14.8. The van der Waals surface area contributed by atoms with Crippen molar-refractivity contribution in [3.05, 3.63) is 64.8 Å². The van der Waals surface area contributed by atoms with Crippen LogP contribution in [0.15, 0.2) is 59.3 Å². The van der Waals surface area contributed by atoms with E-state index in [-0.39, 0.29) is 34.5 Å². The first-order valence-corrected chi connectivity index (χ1v) is 9.47. The predicted molar refractivity (Wildman–Crippen MR) is 106 cm³/mol. The second-order valence-corrected chi connectivity index (χ2v) is 7.22. The lowest BCUT2D eigenvalue weighted by molar-refractivity contribution is -0.147. The summed E-state index contributed by atoms with van der Waals surface area (Å²) in [6.45, 7) is -0.514. The maximum absolute atomic E-state index is 10.3. The molecule has 0 saturated carbocycles. The van der Waals surface area contributed by atoms with E-state index in [0.717, 1.165) is 6.08 Å². The average Bonchev–Trinajstić information content (AvgIpc) is 3.02. The number of aromatic hydroxyl groups is 1. The standard InChI is InChI=1S/C21H22O10/c1-28-15-4-9(2-3-12(15)24)20-16(30-21-19(27)18(26)17(8-22)31-21)7-11-13(25)5-10(23)6-14(11)29-20/h2-7,14,17-19,21-27H,8H2,1H3/p+1/t14?,17-,18+,19-,21-/m1/s1. The summed E-state index contributed by atoms with van der Waals surface area (Å²) in [5.74, 6) is 0.108. The third-order valence-electron chi connectivity index (χ3n) is 5.21. The molecular formula is C21H23O10+. The summed E-state index contributed by atoms with van der Waals surface area (Å²) in [6, 6.07) is 4.50. The topological polar surface area (TPSA) is 162 Å². The van der Waals surface area contributed by atoms with Gasteiger partial charge < -0.3 is 49.6 Å². The van der Waals surface area contributed by atoms with E-state index in [0.29, 0.717) is 11.1 Å². The van der Waals surface area contributed by atoms with Crippen molar-refractivity contribution in [2.24, 2.45) is 0 Å². The van der Waals surface area contributed by atoms with Crippen LogP contribution in [0.4, 0.5) is 0 Å². The zero-order valence-electron chi connectivity index (χ0n) is 16.4. The Labute approximate surface area is 176 Å². The molecule has 5 atom stereocenters. The van der Waals surface area contributed by atoms with Gasteiger partial charge in [0.15, 0.2) is 11.5 Å². The number of benzene rings is 1. The molecule has 3 aliphatic rings. The second-order valence-electron chi connectivity index (χ2n) is 7.22. The molecule has 7 N–H and O–H groups in total. The van der Waals surface area contributed by atoms with Gasteiger partial charge in [0.1, 0.15) is 29.8 Å². The smallest absolute Gasteiger partial charge is 0.305 e. The number of fused-ring (bicyclic) bond motifs is 1. The molecule has 0 amide bonds. The highest BCUT2D eigenvalue weighted by molar-refractivity contribution is 5.69. The van der Waals surface area contributed by atoms with Gasteiger partial charge in [-0.15, -0.1) is 0 Å². The fraction of sp³-hybridized carbons (Fsp3) is 0.333. The van der Waals surface area contributed by atoms with Gasteiger partial charge in [-0.25, -0.2) is 0 Å². The fourth-order valence-electron chi connectivity index (χ4n) is 3.57. The van der Waals surface area contributed by atoms with Crippen molar-refractivity contribution in [1.29, 1.82) is 0 Å². The van der Waals surface area contributed by atoms with E-state index < -0.39 is 37.3 Å². The van der Waals surface area contributed by atoms with Crippen LogP contribution in [0.5, 0.6) is 11.5 Å². The number of methoxy groups -OCH3 is 1. The molecule has 2 aliphatic heterocycles. The number of phenols is 1. The molecule has 0 spiro atoms. The molecule has 4 rings (SSSR count). The summed E-state index contributed by atoms with van der Waals surface area (Å²) in [5.41, 5.74) is 0.822. The Morgan fingerprint density at radius 3 is 2.55 bits per heavy atom. The monoisotopic (exact) mass is 435 g/mol. The Kier molecular flexibility index (Phi) is 5.54. The van der Waals surface area contributed by atoms with Gasteiger partial charge in [0.25, 0.3) is 0 Å². The van der Waals surface area contributed by atoms with Crippen molar-refractivity contribution in [3.8, 4) is 11.5 Å². The van der Waals surface area contributed by atoms with E-state index in [1.54, 1.807) is 6.07 Å². The average molecular weight is 435 g/mol. The van der Waals surface area contributed by atoms with Crippen LogP contribution in [0.25, 0.3) is 5.76 Å². The summed E-state index contributed by atoms with van der Waals surface area (Å²) in [7, 11) is 1.39. The normalized spacial score (nSPS) is 30.1. The molecule has 1 fully saturated rings. The molecule has 1 unspecified atom stereocenters. The number of ether oxygens (including phenoxy) is 4. The molecule has 0 aromatic heterocycles. The molecule has 0 radical (unpaired) electrons. The van der Waals surface area contributed by atoms with Crippen LogP contribution in [-0.2, 0) is 9.47 Å². The molecule has 1 aromatic carbocycles. The summed E-state index contributed by atoms with van der Waals surface area (Å²) >= 11 is 0. The van der Waals surface area contributed by atoms with E-state index in [1.807, 2.05) is 0 Å². The fourth-order valence-corrected chi connectivity index (χ4v) is 3.57. The Hall–Kier alpha value is -3.18. The third-order valence-corrected chi connectivity index (χ3v) is 5.21. The lowest BCUT2D eigenvalue weighted by atomic mass is 9.97. The highest BCUT2D eigenvalue weighted by atomic mass is 16.7. The van der Waals surface area contributed by atoms with Crippen LogP contribution in [-0.4, -0.2) is 79.8 Å². The number of hydrogen-bond donors (Lipinski definition) is 6. The molecular weight excluding hydrogens is 412 g/mol.